The lowest BCUT2D eigenvalue weighted by atomic mass is 10.1. The number of fused-ring (bicyclic) bond motifs is 1. The molecule has 1 atom stereocenters. The van der Waals surface area contributed by atoms with Crippen LogP contribution in [0.3, 0.4) is 0 Å². The smallest absolute Gasteiger partial charge is 0.188 e. The molecule has 0 saturated carbocycles. The average Bonchev–Trinajstić information content (AvgIpc) is 3.52. The van der Waals surface area contributed by atoms with Gasteiger partial charge in [0.15, 0.2) is 5.13 Å². The van der Waals surface area contributed by atoms with Crippen LogP contribution in [0.2, 0.25) is 0 Å². The van der Waals surface area contributed by atoms with Crippen molar-refractivity contribution in [3.8, 4) is 0 Å². The maximum Gasteiger partial charge on any atom is 0.188 e. The van der Waals surface area contributed by atoms with E-state index in [0.717, 1.165) is 49.1 Å². The number of anilines is 2. The highest BCUT2D eigenvalue weighted by atomic mass is 32.1. The van der Waals surface area contributed by atoms with E-state index in [1.54, 1.807) is 11.3 Å². The number of aliphatic hydroxyl groups excluding tert-OH is 1. The zero-order valence-corrected chi connectivity index (χ0v) is 19.2. The zero-order chi connectivity index (χ0) is 21.9. The number of nitrogens with one attached hydrogen (secondary N) is 1. The second-order valence-electron chi connectivity index (χ2n) is 8.42. The van der Waals surface area contributed by atoms with Crippen LogP contribution in [0, 0.1) is 6.92 Å². The molecule has 1 aliphatic rings. The molecule has 3 aromatic heterocycles. The van der Waals surface area contributed by atoms with Crippen molar-refractivity contribution in [3.63, 3.8) is 0 Å². The van der Waals surface area contributed by atoms with Crippen molar-refractivity contribution in [2.75, 3.05) is 18.5 Å². The van der Waals surface area contributed by atoms with Crippen LogP contribution in [0.4, 0.5) is 10.9 Å². The van der Waals surface area contributed by atoms with E-state index in [9.17, 15) is 5.11 Å². The van der Waals surface area contributed by atoms with Gasteiger partial charge in [-0.05, 0) is 56.5 Å². The van der Waals surface area contributed by atoms with Crippen LogP contribution in [0.5, 0.6) is 0 Å². The Morgan fingerprint density at radius 2 is 2.09 bits per heavy atom. The molecule has 32 heavy (non-hydrogen) atoms. The molecule has 0 bridgehead atoms. The molecule has 166 valence electrons. The molecule has 1 aliphatic heterocycles. The van der Waals surface area contributed by atoms with Crippen molar-refractivity contribution in [1.29, 1.82) is 0 Å². The maximum atomic E-state index is 9.28. The fraction of sp³-hybridized carbons (Fsp3) is 0.360. The number of hydrogen-bond acceptors (Lipinski definition) is 6. The number of thiazole rings is 1. The number of aryl methyl sites for hydroxylation is 2. The molecule has 0 unspecified atom stereocenters. The van der Waals surface area contributed by atoms with Gasteiger partial charge in [-0.1, -0.05) is 24.3 Å². The minimum absolute atomic E-state index is 0.215. The first-order chi connectivity index (χ1) is 15.7. The molecular formula is C25H29N5OS. The maximum absolute atomic E-state index is 9.28. The third-order valence-corrected chi connectivity index (χ3v) is 6.96. The summed E-state index contributed by atoms with van der Waals surface area (Å²) < 4.78 is 2.28. The molecular weight excluding hydrogens is 418 g/mol. The van der Waals surface area contributed by atoms with Crippen LogP contribution in [0.15, 0.2) is 54.9 Å². The fourth-order valence-electron chi connectivity index (χ4n) is 4.67. The molecule has 2 N–H and O–H groups in total. The molecule has 4 aromatic rings. The molecule has 1 fully saturated rings. The van der Waals surface area contributed by atoms with Gasteiger partial charge in [-0.3, -0.25) is 4.90 Å². The number of aromatic nitrogens is 3. The van der Waals surface area contributed by atoms with Gasteiger partial charge in [0.2, 0.25) is 0 Å². The number of rotatable bonds is 8. The van der Waals surface area contributed by atoms with Gasteiger partial charge in [0.05, 0.1) is 11.7 Å². The van der Waals surface area contributed by atoms with Gasteiger partial charge in [-0.2, -0.15) is 0 Å². The van der Waals surface area contributed by atoms with E-state index < -0.39 is 0 Å². The highest BCUT2D eigenvalue weighted by Gasteiger charge is 2.28. The Morgan fingerprint density at radius 3 is 2.94 bits per heavy atom. The Morgan fingerprint density at radius 1 is 1.19 bits per heavy atom. The molecule has 0 aliphatic carbocycles. The predicted octanol–water partition coefficient (Wildman–Crippen LogP) is 5.26. The van der Waals surface area contributed by atoms with Crippen LogP contribution in [-0.2, 0) is 13.1 Å². The molecule has 6 nitrogen and oxygen atoms in total. The SMILES string of the molecule is Cc1cnc(Nc2cccc([C@@H]3CCCN3Cc3cn(CCCO)c4ccccc34)n2)s1. The zero-order valence-electron chi connectivity index (χ0n) is 18.4. The largest absolute Gasteiger partial charge is 0.396 e. The van der Waals surface area contributed by atoms with E-state index in [4.69, 9.17) is 4.98 Å². The van der Waals surface area contributed by atoms with E-state index in [1.165, 1.54) is 27.8 Å². The molecule has 1 aromatic carbocycles. The lowest BCUT2D eigenvalue weighted by Crippen LogP contribution is -2.23. The third-order valence-electron chi connectivity index (χ3n) is 6.13. The van der Waals surface area contributed by atoms with Gasteiger partial charge >= 0.3 is 0 Å². The Bertz CT molecular complexity index is 1200. The summed E-state index contributed by atoms with van der Waals surface area (Å²) in [6, 6.07) is 15.1. The van der Waals surface area contributed by atoms with E-state index in [2.05, 4.69) is 69.3 Å². The number of nitrogens with zero attached hydrogens (tertiary/aromatic N) is 4. The van der Waals surface area contributed by atoms with Crippen molar-refractivity contribution in [2.45, 2.75) is 45.3 Å². The van der Waals surface area contributed by atoms with Crippen LogP contribution >= 0.6 is 11.3 Å². The Balaban J connectivity index is 1.37. The first-order valence-corrected chi connectivity index (χ1v) is 12.1. The minimum atomic E-state index is 0.215. The average molecular weight is 448 g/mol. The highest BCUT2D eigenvalue weighted by Crippen LogP contribution is 2.34. The van der Waals surface area contributed by atoms with Crippen molar-refractivity contribution in [1.82, 2.24) is 19.4 Å². The quantitative estimate of drug-likeness (QED) is 0.385. The molecule has 5 rings (SSSR count). The number of pyridine rings is 1. The van der Waals surface area contributed by atoms with E-state index in [1.807, 2.05) is 12.3 Å². The fourth-order valence-corrected chi connectivity index (χ4v) is 5.34. The van der Waals surface area contributed by atoms with Crippen LogP contribution in [0.25, 0.3) is 10.9 Å². The lowest BCUT2D eigenvalue weighted by Gasteiger charge is -2.24. The second kappa shape index (κ2) is 9.40. The molecule has 0 radical (unpaired) electrons. The number of benzene rings is 1. The summed E-state index contributed by atoms with van der Waals surface area (Å²) in [6.07, 6.45) is 7.22. The van der Waals surface area contributed by atoms with Crippen molar-refractivity contribution in [2.24, 2.45) is 0 Å². The monoisotopic (exact) mass is 447 g/mol. The Kier molecular flexibility index (Phi) is 6.21. The number of hydrogen-bond donors (Lipinski definition) is 2. The first-order valence-electron chi connectivity index (χ1n) is 11.3. The summed E-state index contributed by atoms with van der Waals surface area (Å²) in [6.45, 7) is 5.09. The summed E-state index contributed by atoms with van der Waals surface area (Å²) in [4.78, 5) is 13.1. The third kappa shape index (κ3) is 4.41. The Hall–Kier alpha value is -2.74. The molecule has 0 amide bonds. The van der Waals surface area contributed by atoms with E-state index in [-0.39, 0.29) is 6.61 Å². The van der Waals surface area contributed by atoms with Crippen molar-refractivity contribution < 1.29 is 5.11 Å². The number of likely N-dealkylation sites (tertiary alicyclic amines) is 1. The van der Waals surface area contributed by atoms with Crippen molar-refractivity contribution >= 4 is 33.2 Å². The highest BCUT2D eigenvalue weighted by molar-refractivity contribution is 7.15. The van der Waals surface area contributed by atoms with Gasteiger partial charge in [0.25, 0.3) is 0 Å². The molecule has 1 saturated heterocycles. The van der Waals surface area contributed by atoms with Gasteiger partial charge in [-0.25, -0.2) is 9.97 Å². The minimum Gasteiger partial charge on any atom is -0.396 e. The van der Waals surface area contributed by atoms with Crippen molar-refractivity contribution in [3.05, 3.63) is 71.0 Å². The summed E-state index contributed by atoms with van der Waals surface area (Å²) in [7, 11) is 0. The summed E-state index contributed by atoms with van der Waals surface area (Å²) in [5.41, 5.74) is 3.71. The summed E-state index contributed by atoms with van der Waals surface area (Å²) >= 11 is 1.64. The van der Waals surface area contributed by atoms with E-state index >= 15 is 0 Å². The summed E-state index contributed by atoms with van der Waals surface area (Å²) in [5, 5.41) is 14.8. The van der Waals surface area contributed by atoms with Gasteiger partial charge in [0.1, 0.15) is 5.82 Å². The standard InChI is InChI=1S/C25H29N5OS/c1-18-15-26-25(32-18)28-24-11-4-8-21(27-24)23-10-5-12-30(23)17-19-16-29(13-6-14-31)22-9-3-2-7-20(19)22/h2-4,7-9,11,15-16,23,31H,5-6,10,12-14,17H2,1H3,(H,26,27,28)/t23-/m0/s1. The van der Waals surface area contributed by atoms with Crippen LogP contribution in [0.1, 0.15) is 41.4 Å². The number of para-hydroxylation sites is 1. The van der Waals surface area contributed by atoms with Crippen LogP contribution < -0.4 is 5.32 Å². The molecule has 0 spiro atoms. The summed E-state index contributed by atoms with van der Waals surface area (Å²) in [5.74, 6) is 0.851. The van der Waals surface area contributed by atoms with Gasteiger partial charge in [0, 0.05) is 47.9 Å². The normalized spacial score (nSPS) is 16.8. The Labute approximate surface area is 192 Å². The lowest BCUT2D eigenvalue weighted by molar-refractivity contribution is 0.245. The number of aliphatic hydroxyl groups is 1. The second-order valence-corrected chi connectivity index (χ2v) is 9.65. The van der Waals surface area contributed by atoms with Crippen LogP contribution in [-0.4, -0.2) is 37.7 Å². The van der Waals surface area contributed by atoms with E-state index in [0.29, 0.717) is 6.04 Å². The first kappa shape index (κ1) is 21.1. The predicted molar refractivity (Wildman–Crippen MR) is 130 cm³/mol. The molecule has 7 heteroatoms. The topological polar surface area (TPSA) is 66.2 Å². The molecule has 4 heterocycles. The van der Waals surface area contributed by atoms with Gasteiger partial charge < -0.3 is 15.0 Å². The van der Waals surface area contributed by atoms with Gasteiger partial charge in [-0.15, -0.1) is 11.3 Å².